The molecule has 0 aliphatic carbocycles. The lowest BCUT2D eigenvalue weighted by Crippen LogP contribution is -2.32. The highest BCUT2D eigenvalue weighted by atomic mass is 79.9. The summed E-state index contributed by atoms with van der Waals surface area (Å²) in [5.41, 5.74) is 1.91. The van der Waals surface area contributed by atoms with Gasteiger partial charge in [-0.2, -0.15) is 13.9 Å². The summed E-state index contributed by atoms with van der Waals surface area (Å²) < 4.78 is 29.3. The second kappa shape index (κ2) is 9.17. The van der Waals surface area contributed by atoms with Crippen molar-refractivity contribution in [3.8, 4) is 11.3 Å². The lowest BCUT2D eigenvalue weighted by atomic mass is 10.1. The van der Waals surface area contributed by atoms with Gasteiger partial charge in [0.2, 0.25) is 10.0 Å². The van der Waals surface area contributed by atoms with Crippen LogP contribution in [0.25, 0.3) is 16.9 Å². The molecule has 0 saturated heterocycles. The van der Waals surface area contributed by atoms with Crippen LogP contribution < -0.4 is 5.32 Å². The van der Waals surface area contributed by atoms with Crippen molar-refractivity contribution >= 4 is 72.2 Å². The minimum Gasteiger partial charge on any atom is -0.356 e. The van der Waals surface area contributed by atoms with Gasteiger partial charge >= 0.3 is 0 Å². The van der Waals surface area contributed by atoms with E-state index in [1.807, 2.05) is 18.2 Å². The van der Waals surface area contributed by atoms with Crippen molar-refractivity contribution in [1.29, 1.82) is 0 Å². The van der Waals surface area contributed by atoms with Gasteiger partial charge in [0.1, 0.15) is 5.82 Å². The van der Waals surface area contributed by atoms with E-state index in [0.29, 0.717) is 26.7 Å². The molecule has 0 aliphatic rings. The van der Waals surface area contributed by atoms with Crippen LogP contribution in [-0.4, -0.2) is 41.0 Å². The molecule has 0 saturated carbocycles. The van der Waals surface area contributed by atoms with E-state index < -0.39 is 10.0 Å². The molecular formula is C20H15BrCl3N5O2S. The minimum atomic E-state index is -3.81. The summed E-state index contributed by atoms with van der Waals surface area (Å²) in [6, 6.07) is 13.3. The summed E-state index contributed by atoms with van der Waals surface area (Å²) in [4.78, 5) is 4.67. The van der Waals surface area contributed by atoms with Crippen molar-refractivity contribution in [2.75, 3.05) is 19.0 Å². The average molecular weight is 576 g/mol. The molecule has 2 aromatic heterocycles. The van der Waals surface area contributed by atoms with Crippen LogP contribution in [0.15, 0.2) is 64.1 Å². The van der Waals surface area contributed by atoms with E-state index in [4.69, 9.17) is 34.8 Å². The summed E-state index contributed by atoms with van der Waals surface area (Å²) in [5.74, 6) is 0.534. The van der Waals surface area contributed by atoms with Gasteiger partial charge in [0.15, 0.2) is 5.65 Å². The van der Waals surface area contributed by atoms with Gasteiger partial charge in [0.25, 0.3) is 0 Å². The Labute approximate surface area is 208 Å². The number of nitrogens with one attached hydrogen (secondary N) is 1. The van der Waals surface area contributed by atoms with Gasteiger partial charge in [-0.1, -0.05) is 53.0 Å². The highest BCUT2D eigenvalue weighted by Crippen LogP contribution is 2.31. The fourth-order valence-electron chi connectivity index (χ4n) is 2.96. The fraction of sp³-hybridized carbons (Fsp3) is 0.100. The Balaban J connectivity index is 1.67. The van der Waals surface area contributed by atoms with Gasteiger partial charge < -0.3 is 5.32 Å². The summed E-state index contributed by atoms with van der Waals surface area (Å²) in [6.45, 7) is -0.0405. The molecule has 2 heterocycles. The maximum absolute atomic E-state index is 12.9. The number of nitrogens with zero attached hydrogens (tertiary/aromatic N) is 4. The van der Waals surface area contributed by atoms with Gasteiger partial charge in [0.05, 0.1) is 38.0 Å². The molecule has 2 aromatic carbocycles. The Morgan fingerprint density at radius 1 is 1.06 bits per heavy atom. The van der Waals surface area contributed by atoms with Crippen LogP contribution in [0.3, 0.4) is 0 Å². The first-order valence-corrected chi connectivity index (χ1v) is 12.5. The summed E-state index contributed by atoms with van der Waals surface area (Å²) >= 11 is 21.7. The number of rotatable bonds is 6. The van der Waals surface area contributed by atoms with E-state index in [-0.39, 0.29) is 21.6 Å². The molecule has 0 bridgehead atoms. The first kappa shape index (κ1) is 23.3. The van der Waals surface area contributed by atoms with E-state index in [0.717, 1.165) is 9.87 Å². The van der Waals surface area contributed by atoms with Crippen LogP contribution in [0.4, 0.5) is 5.82 Å². The summed E-state index contributed by atoms with van der Waals surface area (Å²) in [6.07, 6.45) is 1.61. The molecule has 12 heteroatoms. The van der Waals surface area contributed by atoms with Crippen molar-refractivity contribution in [3.05, 3.63) is 74.3 Å². The van der Waals surface area contributed by atoms with E-state index in [2.05, 4.69) is 31.3 Å². The zero-order valence-electron chi connectivity index (χ0n) is 16.4. The molecule has 0 atom stereocenters. The lowest BCUT2D eigenvalue weighted by Gasteiger charge is -2.19. The van der Waals surface area contributed by atoms with Gasteiger partial charge in [-0.15, -0.1) is 0 Å². The molecule has 0 radical (unpaired) electrons. The third kappa shape index (κ3) is 4.46. The quantitative estimate of drug-likeness (QED) is 0.294. The Bertz CT molecular complexity index is 1430. The zero-order valence-corrected chi connectivity index (χ0v) is 21.1. The van der Waals surface area contributed by atoms with E-state index in [9.17, 15) is 8.42 Å². The lowest BCUT2D eigenvalue weighted by molar-refractivity contribution is 0.489. The molecule has 7 nitrogen and oxygen atoms in total. The highest BCUT2D eigenvalue weighted by Gasteiger charge is 2.22. The van der Waals surface area contributed by atoms with E-state index in [1.165, 1.54) is 25.2 Å². The number of sulfonamides is 1. The Morgan fingerprint density at radius 2 is 1.81 bits per heavy atom. The van der Waals surface area contributed by atoms with Crippen LogP contribution >= 0.6 is 50.7 Å². The molecule has 0 aliphatic heterocycles. The maximum atomic E-state index is 12.9. The molecule has 166 valence electrons. The monoisotopic (exact) mass is 573 g/mol. The molecule has 4 rings (SSSR count). The van der Waals surface area contributed by atoms with Gasteiger partial charge in [-0.05, 0) is 40.2 Å². The van der Waals surface area contributed by atoms with Crippen molar-refractivity contribution in [3.63, 3.8) is 0 Å². The molecule has 1 N–H and O–H groups in total. The number of benzene rings is 2. The maximum Gasteiger partial charge on any atom is 0.244 e. The van der Waals surface area contributed by atoms with Crippen LogP contribution in [0.1, 0.15) is 0 Å². The number of anilines is 1. The van der Waals surface area contributed by atoms with Crippen molar-refractivity contribution in [2.24, 2.45) is 0 Å². The third-order valence-corrected chi connectivity index (χ3v) is 8.09. The van der Waals surface area contributed by atoms with Gasteiger partial charge in [0, 0.05) is 23.7 Å². The topological polar surface area (TPSA) is 79.6 Å². The largest absolute Gasteiger partial charge is 0.356 e. The fourth-order valence-corrected chi connectivity index (χ4v) is 5.01. The SMILES string of the molecule is CN(CNc1cc(-c2ccccc2Cl)nc2c(Br)cnn12)S(=O)(=O)c1ccc(Cl)c(Cl)c1. The first-order chi connectivity index (χ1) is 15.2. The van der Waals surface area contributed by atoms with Gasteiger partial charge in [-0.25, -0.2) is 13.4 Å². The number of fused-ring (bicyclic) bond motifs is 1. The number of hydrogen-bond acceptors (Lipinski definition) is 5. The summed E-state index contributed by atoms with van der Waals surface area (Å²) in [7, 11) is -2.36. The van der Waals surface area contributed by atoms with E-state index in [1.54, 1.807) is 22.8 Å². The molecule has 0 spiro atoms. The number of halogens is 4. The molecular weight excluding hydrogens is 561 g/mol. The molecule has 0 fully saturated rings. The molecule has 32 heavy (non-hydrogen) atoms. The average Bonchev–Trinajstić information content (AvgIpc) is 3.14. The standard InChI is InChI=1S/C20H15BrCl3N5O2S/c1-28(32(30,31)12-6-7-16(23)17(24)8-12)11-25-19-9-18(13-4-2-3-5-15(13)22)27-20-14(21)10-26-29(19)20/h2-10,25H,11H2,1H3. The Kier molecular flexibility index (Phi) is 6.67. The predicted molar refractivity (Wildman–Crippen MR) is 131 cm³/mol. The highest BCUT2D eigenvalue weighted by molar-refractivity contribution is 9.10. The zero-order chi connectivity index (χ0) is 23.0. The minimum absolute atomic E-state index is 0.0367. The normalized spacial score (nSPS) is 11.9. The van der Waals surface area contributed by atoms with Crippen LogP contribution in [0, 0.1) is 0 Å². The first-order valence-electron chi connectivity index (χ1n) is 9.13. The Hall–Kier alpha value is -1.88. The molecule has 0 unspecified atom stereocenters. The van der Waals surface area contributed by atoms with Gasteiger partial charge in [-0.3, -0.25) is 0 Å². The second-order valence-electron chi connectivity index (χ2n) is 6.75. The Morgan fingerprint density at radius 3 is 2.53 bits per heavy atom. The number of hydrogen-bond donors (Lipinski definition) is 1. The van der Waals surface area contributed by atoms with Crippen molar-refractivity contribution in [1.82, 2.24) is 18.9 Å². The third-order valence-electron chi connectivity index (χ3n) is 4.66. The smallest absolute Gasteiger partial charge is 0.244 e. The molecule has 4 aromatic rings. The second-order valence-corrected chi connectivity index (χ2v) is 10.9. The molecule has 0 amide bonds. The van der Waals surface area contributed by atoms with Crippen molar-refractivity contribution < 1.29 is 8.42 Å². The van der Waals surface area contributed by atoms with Crippen LogP contribution in [-0.2, 0) is 10.0 Å². The van der Waals surface area contributed by atoms with Crippen LogP contribution in [0.2, 0.25) is 15.1 Å². The van der Waals surface area contributed by atoms with Crippen LogP contribution in [0.5, 0.6) is 0 Å². The van der Waals surface area contributed by atoms with Crippen molar-refractivity contribution in [2.45, 2.75) is 4.90 Å². The summed E-state index contributed by atoms with van der Waals surface area (Å²) in [5, 5.41) is 8.41. The number of aromatic nitrogens is 3. The predicted octanol–water partition coefficient (Wildman–Crippen LogP) is 5.81. The van der Waals surface area contributed by atoms with E-state index >= 15 is 0 Å².